The third kappa shape index (κ3) is 2.64. The molecule has 0 saturated heterocycles. The third-order valence-electron chi connectivity index (χ3n) is 0.798. The zero-order valence-corrected chi connectivity index (χ0v) is 5.02. The fraction of sp³-hybridized carbons (Fsp3) is 0.167. The Kier molecular flexibility index (Phi) is 3.35. The van der Waals surface area contributed by atoms with Gasteiger partial charge in [0.2, 0.25) is 0 Å². The summed E-state index contributed by atoms with van der Waals surface area (Å²) in [6.45, 7) is 3.36. The molecule has 0 atom stereocenters. The molecule has 0 aromatic rings. The van der Waals surface area contributed by atoms with E-state index in [2.05, 4.69) is 6.58 Å². The first-order valence-corrected chi connectivity index (χ1v) is 2.48. The zero-order chi connectivity index (χ0) is 7.28. The predicted octanol–water partition coefficient (Wildman–Crippen LogP) is 1.35. The zero-order valence-electron chi connectivity index (χ0n) is 5.02. The minimum atomic E-state index is -0.685. The molecule has 0 aliphatic rings. The fourth-order valence-corrected chi connectivity index (χ4v) is 0.346. The summed E-state index contributed by atoms with van der Waals surface area (Å²) in [5.74, 6) is -0.685. The van der Waals surface area contributed by atoms with Gasteiger partial charge in [-0.3, -0.25) is 0 Å². The van der Waals surface area contributed by atoms with Crippen LogP contribution in [-0.4, -0.2) is 6.21 Å². The number of halogens is 1. The van der Waals surface area contributed by atoms with E-state index in [9.17, 15) is 4.39 Å². The predicted molar refractivity (Wildman–Crippen MR) is 35.9 cm³/mol. The van der Waals surface area contributed by atoms with Gasteiger partial charge in [-0.05, 0) is 0 Å². The average molecular weight is 128 g/mol. The number of hydrogen-bond donors (Lipinski definition) is 2. The van der Waals surface area contributed by atoms with Crippen LogP contribution in [0.4, 0.5) is 4.39 Å². The van der Waals surface area contributed by atoms with Gasteiger partial charge in [-0.15, -0.1) is 6.58 Å². The Morgan fingerprint density at radius 1 is 1.78 bits per heavy atom. The van der Waals surface area contributed by atoms with Crippen molar-refractivity contribution in [3.8, 4) is 0 Å². The summed E-state index contributed by atoms with van der Waals surface area (Å²) in [6.07, 6.45) is 2.36. The molecule has 0 radical (unpaired) electrons. The van der Waals surface area contributed by atoms with Gasteiger partial charge < -0.3 is 11.1 Å². The SMILES string of the molecule is C=CC/C(N)=C(\F)C=N. The summed E-state index contributed by atoms with van der Waals surface area (Å²) < 4.78 is 12.2. The molecule has 2 nitrogen and oxygen atoms in total. The first kappa shape index (κ1) is 7.88. The van der Waals surface area contributed by atoms with Crippen molar-refractivity contribution in [1.82, 2.24) is 0 Å². The second-order valence-corrected chi connectivity index (χ2v) is 1.51. The summed E-state index contributed by atoms with van der Waals surface area (Å²) in [4.78, 5) is 0. The van der Waals surface area contributed by atoms with E-state index in [1.807, 2.05) is 0 Å². The normalized spacial score (nSPS) is 12.1. The van der Waals surface area contributed by atoms with Crippen LogP contribution in [0.2, 0.25) is 0 Å². The Morgan fingerprint density at radius 2 is 2.33 bits per heavy atom. The van der Waals surface area contributed by atoms with Gasteiger partial charge >= 0.3 is 0 Å². The number of hydrogen-bond acceptors (Lipinski definition) is 2. The highest BCUT2D eigenvalue weighted by Gasteiger charge is 1.93. The molecule has 0 spiro atoms. The van der Waals surface area contributed by atoms with Gasteiger partial charge in [-0.2, -0.15) is 0 Å². The molecule has 0 rings (SSSR count). The maximum atomic E-state index is 12.2. The smallest absolute Gasteiger partial charge is 0.159 e. The van der Waals surface area contributed by atoms with Gasteiger partial charge in [0.05, 0.1) is 6.21 Å². The molecule has 0 saturated carbocycles. The van der Waals surface area contributed by atoms with Crippen molar-refractivity contribution in [2.45, 2.75) is 6.42 Å². The molecular formula is C6H9FN2. The van der Waals surface area contributed by atoms with Gasteiger partial charge in [-0.25, -0.2) is 4.39 Å². The molecule has 0 aliphatic carbocycles. The number of nitrogens with one attached hydrogen (secondary N) is 1. The molecule has 0 aromatic carbocycles. The number of allylic oxidation sites excluding steroid dienone is 2. The van der Waals surface area contributed by atoms with Crippen molar-refractivity contribution in [3.63, 3.8) is 0 Å². The van der Waals surface area contributed by atoms with Crippen molar-refractivity contribution >= 4 is 6.21 Å². The molecule has 0 fully saturated rings. The van der Waals surface area contributed by atoms with Crippen molar-refractivity contribution in [2.75, 3.05) is 0 Å². The Balaban J connectivity index is 4.08. The van der Waals surface area contributed by atoms with E-state index in [4.69, 9.17) is 11.1 Å². The van der Waals surface area contributed by atoms with Gasteiger partial charge in [-0.1, -0.05) is 6.08 Å². The van der Waals surface area contributed by atoms with Crippen LogP contribution in [0.15, 0.2) is 24.2 Å². The van der Waals surface area contributed by atoms with Crippen molar-refractivity contribution < 1.29 is 4.39 Å². The Labute approximate surface area is 53.4 Å². The van der Waals surface area contributed by atoms with E-state index < -0.39 is 5.83 Å². The second kappa shape index (κ2) is 3.83. The Hall–Kier alpha value is -1.12. The van der Waals surface area contributed by atoms with Gasteiger partial charge in [0.15, 0.2) is 5.83 Å². The lowest BCUT2D eigenvalue weighted by molar-refractivity contribution is 0.667. The molecule has 0 amide bonds. The van der Waals surface area contributed by atoms with E-state index in [0.29, 0.717) is 12.6 Å². The summed E-state index contributed by atoms with van der Waals surface area (Å²) in [5.41, 5.74) is 5.18. The molecular weight excluding hydrogens is 119 g/mol. The maximum Gasteiger partial charge on any atom is 0.159 e. The molecule has 0 aromatic heterocycles. The van der Waals surface area contributed by atoms with E-state index in [0.717, 1.165) is 0 Å². The van der Waals surface area contributed by atoms with Crippen LogP contribution in [0.25, 0.3) is 0 Å². The highest BCUT2D eigenvalue weighted by Crippen LogP contribution is 2.01. The third-order valence-corrected chi connectivity index (χ3v) is 0.798. The van der Waals surface area contributed by atoms with E-state index >= 15 is 0 Å². The summed E-state index contributed by atoms with van der Waals surface area (Å²) in [6, 6.07) is 0. The van der Waals surface area contributed by atoms with Crippen LogP contribution in [0.1, 0.15) is 6.42 Å². The monoisotopic (exact) mass is 128 g/mol. The number of nitrogens with two attached hydrogens (primary N) is 1. The van der Waals surface area contributed by atoms with Crippen LogP contribution >= 0.6 is 0 Å². The van der Waals surface area contributed by atoms with E-state index in [1.54, 1.807) is 0 Å². The highest BCUT2D eigenvalue weighted by atomic mass is 19.1. The van der Waals surface area contributed by atoms with Gasteiger partial charge in [0, 0.05) is 12.1 Å². The molecule has 0 aliphatic heterocycles. The molecule has 9 heavy (non-hydrogen) atoms. The Bertz CT molecular complexity index is 149. The minimum absolute atomic E-state index is 0.0556. The highest BCUT2D eigenvalue weighted by molar-refractivity contribution is 5.73. The van der Waals surface area contributed by atoms with Crippen molar-refractivity contribution in [2.24, 2.45) is 5.73 Å². The summed E-state index contributed by atoms with van der Waals surface area (Å²) in [5, 5.41) is 6.45. The van der Waals surface area contributed by atoms with E-state index in [-0.39, 0.29) is 5.70 Å². The minimum Gasteiger partial charge on any atom is -0.399 e. The lowest BCUT2D eigenvalue weighted by atomic mass is 10.3. The largest absolute Gasteiger partial charge is 0.399 e. The topological polar surface area (TPSA) is 49.9 Å². The summed E-state index contributed by atoms with van der Waals surface area (Å²) in [7, 11) is 0. The second-order valence-electron chi connectivity index (χ2n) is 1.51. The fourth-order valence-electron chi connectivity index (χ4n) is 0.346. The maximum absolute atomic E-state index is 12.2. The van der Waals surface area contributed by atoms with Crippen LogP contribution in [0.5, 0.6) is 0 Å². The van der Waals surface area contributed by atoms with Crippen LogP contribution in [-0.2, 0) is 0 Å². The lowest BCUT2D eigenvalue weighted by Gasteiger charge is -1.93. The van der Waals surface area contributed by atoms with Gasteiger partial charge in [0.1, 0.15) is 0 Å². The van der Waals surface area contributed by atoms with Crippen LogP contribution < -0.4 is 5.73 Å². The standard InChI is InChI=1S/C6H9FN2/c1-2-3-6(9)5(7)4-8/h2,4,8H,1,3,9H2/b6-5+,8-4?. The van der Waals surface area contributed by atoms with Gasteiger partial charge in [0.25, 0.3) is 0 Å². The Morgan fingerprint density at radius 3 is 2.67 bits per heavy atom. The molecule has 3 heteroatoms. The molecule has 50 valence electrons. The average Bonchev–Trinajstić information content (AvgIpc) is 1.87. The van der Waals surface area contributed by atoms with Crippen molar-refractivity contribution in [1.29, 1.82) is 5.41 Å². The molecule has 3 N–H and O–H groups in total. The van der Waals surface area contributed by atoms with Crippen molar-refractivity contribution in [3.05, 3.63) is 24.2 Å². The van der Waals surface area contributed by atoms with E-state index in [1.165, 1.54) is 6.08 Å². The summed E-state index contributed by atoms with van der Waals surface area (Å²) >= 11 is 0. The number of rotatable bonds is 3. The molecule has 0 unspecified atom stereocenters. The molecule has 0 bridgehead atoms. The molecule has 0 heterocycles. The lowest BCUT2D eigenvalue weighted by Crippen LogP contribution is -1.98. The van der Waals surface area contributed by atoms with Crippen LogP contribution in [0.3, 0.4) is 0 Å². The van der Waals surface area contributed by atoms with Crippen LogP contribution in [0, 0.1) is 5.41 Å². The quantitative estimate of drug-likeness (QED) is 0.437. The first-order chi connectivity index (χ1) is 4.22. The first-order valence-electron chi connectivity index (χ1n) is 2.48.